The molecule has 1 aromatic rings. The zero-order chi connectivity index (χ0) is 16.8. The Bertz CT molecular complexity index is 612. The summed E-state index contributed by atoms with van der Waals surface area (Å²) in [7, 11) is -3.53. The molecule has 0 aliphatic carbocycles. The molecule has 0 unspecified atom stereocenters. The van der Waals surface area contributed by atoms with E-state index in [1.807, 2.05) is 13.8 Å². The van der Waals surface area contributed by atoms with Gasteiger partial charge in [-0.1, -0.05) is 19.4 Å². The van der Waals surface area contributed by atoms with Crippen LogP contribution in [0, 0.1) is 13.8 Å². The zero-order valence-electron chi connectivity index (χ0n) is 13.8. The molecule has 124 valence electrons. The molecule has 1 rings (SSSR count). The largest absolute Gasteiger partial charge is 0.342 e. The summed E-state index contributed by atoms with van der Waals surface area (Å²) in [6.45, 7) is 8.66. The Kier molecular flexibility index (Phi) is 7.03. The lowest BCUT2D eigenvalue weighted by molar-refractivity contribution is -0.128. The third-order valence-corrected chi connectivity index (χ3v) is 5.15. The fourth-order valence-electron chi connectivity index (χ4n) is 2.06. The molecular weight excluding hydrogens is 300 g/mol. The van der Waals surface area contributed by atoms with Crippen LogP contribution in [0.2, 0.25) is 0 Å². The molecule has 0 heterocycles. The summed E-state index contributed by atoms with van der Waals surface area (Å²) in [6, 6.07) is 5.06. The number of carbonyl (C=O) groups excluding carboxylic acids is 1. The Balaban J connectivity index is 2.65. The van der Waals surface area contributed by atoms with E-state index < -0.39 is 10.0 Å². The van der Waals surface area contributed by atoms with Gasteiger partial charge < -0.3 is 4.90 Å². The smallest absolute Gasteiger partial charge is 0.240 e. The number of nitrogens with zero attached hydrogens (tertiary/aromatic N) is 1. The number of hydrogen-bond acceptors (Lipinski definition) is 3. The molecule has 0 radical (unpaired) electrons. The van der Waals surface area contributed by atoms with Crippen molar-refractivity contribution < 1.29 is 13.2 Å². The van der Waals surface area contributed by atoms with Crippen LogP contribution in [0.3, 0.4) is 0 Å². The van der Waals surface area contributed by atoms with Gasteiger partial charge in [-0.05, 0) is 43.5 Å². The molecule has 1 N–H and O–H groups in total. The number of carbonyl (C=O) groups is 1. The van der Waals surface area contributed by atoms with Crippen molar-refractivity contribution >= 4 is 15.9 Å². The standard InChI is InChI=1S/C16H26N2O3S/c1-5-6-10-18(15(4)19)11-9-17-22(20,21)16-8-7-13(2)14(3)12-16/h7-8,12,17H,5-6,9-11H2,1-4H3. The maximum atomic E-state index is 12.2. The fraction of sp³-hybridized carbons (Fsp3) is 0.562. The Morgan fingerprint density at radius 1 is 1.18 bits per heavy atom. The first-order valence-electron chi connectivity index (χ1n) is 7.60. The topological polar surface area (TPSA) is 66.5 Å². The molecule has 1 aromatic carbocycles. The molecule has 5 nitrogen and oxygen atoms in total. The third kappa shape index (κ3) is 5.42. The van der Waals surface area contributed by atoms with Crippen LogP contribution in [0.5, 0.6) is 0 Å². The summed E-state index contributed by atoms with van der Waals surface area (Å²) in [5, 5.41) is 0. The molecule has 0 aliphatic heterocycles. The highest BCUT2D eigenvalue weighted by Crippen LogP contribution is 2.14. The molecule has 0 saturated heterocycles. The molecular formula is C16H26N2O3S. The van der Waals surface area contributed by atoms with Crippen molar-refractivity contribution in [3.05, 3.63) is 29.3 Å². The SMILES string of the molecule is CCCCN(CCNS(=O)(=O)c1ccc(C)c(C)c1)C(C)=O. The summed E-state index contributed by atoms with van der Waals surface area (Å²) in [4.78, 5) is 13.4. The first kappa shape index (κ1) is 18.6. The van der Waals surface area contributed by atoms with Crippen LogP contribution in [-0.2, 0) is 14.8 Å². The van der Waals surface area contributed by atoms with E-state index in [-0.39, 0.29) is 17.3 Å². The monoisotopic (exact) mass is 326 g/mol. The quantitative estimate of drug-likeness (QED) is 0.796. The van der Waals surface area contributed by atoms with E-state index in [0.717, 1.165) is 24.0 Å². The van der Waals surface area contributed by atoms with Crippen LogP contribution >= 0.6 is 0 Å². The second kappa shape index (κ2) is 8.29. The van der Waals surface area contributed by atoms with Gasteiger partial charge in [0.15, 0.2) is 0 Å². The van der Waals surface area contributed by atoms with Gasteiger partial charge in [-0.3, -0.25) is 4.79 Å². The van der Waals surface area contributed by atoms with E-state index in [1.54, 1.807) is 23.1 Å². The minimum Gasteiger partial charge on any atom is -0.342 e. The number of rotatable bonds is 8. The van der Waals surface area contributed by atoms with Crippen LogP contribution in [-0.4, -0.2) is 38.9 Å². The lowest BCUT2D eigenvalue weighted by Gasteiger charge is -2.21. The van der Waals surface area contributed by atoms with E-state index in [0.29, 0.717) is 13.1 Å². The number of benzene rings is 1. The van der Waals surface area contributed by atoms with Gasteiger partial charge in [0.25, 0.3) is 0 Å². The summed E-state index contributed by atoms with van der Waals surface area (Å²) >= 11 is 0. The lowest BCUT2D eigenvalue weighted by atomic mass is 10.1. The van der Waals surface area contributed by atoms with Gasteiger partial charge in [0.2, 0.25) is 15.9 Å². The normalized spacial score (nSPS) is 11.5. The van der Waals surface area contributed by atoms with E-state index in [2.05, 4.69) is 11.6 Å². The van der Waals surface area contributed by atoms with E-state index in [9.17, 15) is 13.2 Å². The van der Waals surface area contributed by atoms with Crippen LogP contribution in [0.4, 0.5) is 0 Å². The van der Waals surface area contributed by atoms with Crippen molar-refractivity contribution in [3.63, 3.8) is 0 Å². The van der Waals surface area contributed by atoms with Gasteiger partial charge in [0, 0.05) is 26.6 Å². The minimum atomic E-state index is -3.53. The van der Waals surface area contributed by atoms with Crippen molar-refractivity contribution in [3.8, 4) is 0 Å². The predicted octanol–water partition coefficient (Wildman–Crippen LogP) is 2.23. The number of sulfonamides is 1. The molecule has 6 heteroatoms. The minimum absolute atomic E-state index is 0.0289. The van der Waals surface area contributed by atoms with Crippen molar-refractivity contribution in [2.45, 2.75) is 45.4 Å². The molecule has 0 saturated carbocycles. The van der Waals surface area contributed by atoms with Gasteiger partial charge >= 0.3 is 0 Å². The highest BCUT2D eigenvalue weighted by Gasteiger charge is 2.15. The second-order valence-electron chi connectivity index (χ2n) is 5.50. The summed E-state index contributed by atoms with van der Waals surface area (Å²) in [5.74, 6) is -0.0289. The van der Waals surface area contributed by atoms with Crippen molar-refractivity contribution in [1.82, 2.24) is 9.62 Å². The first-order valence-corrected chi connectivity index (χ1v) is 9.08. The highest BCUT2D eigenvalue weighted by atomic mass is 32.2. The van der Waals surface area contributed by atoms with Crippen LogP contribution < -0.4 is 4.72 Å². The molecule has 0 spiro atoms. The van der Waals surface area contributed by atoms with E-state index in [1.165, 1.54) is 6.92 Å². The molecule has 0 fully saturated rings. The van der Waals surface area contributed by atoms with Crippen molar-refractivity contribution in [2.75, 3.05) is 19.6 Å². The number of nitrogens with one attached hydrogen (secondary N) is 1. The average molecular weight is 326 g/mol. The number of hydrogen-bond donors (Lipinski definition) is 1. The Labute approximate surface area is 133 Å². The maximum absolute atomic E-state index is 12.2. The fourth-order valence-corrected chi connectivity index (χ4v) is 3.16. The van der Waals surface area contributed by atoms with Gasteiger partial charge in [0.1, 0.15) is 0 Å². The number of unbranched alkanes of at least 4 members (excludes halogenated alkanes) is 1. The van der Waals surface area contributed by atoms with Gasteiger partial charge in [0.05, 0.1) is 4.90 Å². The van der Waals surface area contributed by atoms with Crippen LogP contribution in [0.25, 0.3) is 0 Å². The van der Waals surface area contributed by atoms with Gasteiger partial charge in [-0.25, -0.2) is 13.1 Å². The van der Waals surface area contributed by atoms with Gasteiger partial charge in [-0.15, -0.1) is 0 Å². The van der Waals surface area contributed by atoms with Crippen LogP contribution in [0.15, 0.2) is 23.1 Å². The van der Waals surface area contributed by atoms with Gasteiger partial charge in [-0.2, -0.15) is 0 Å². The Morgan fingerprint density at radius 2 is 1.86 bits per heavy atom. The highest BCUT2D eigenvalue weighted by molar-refractivity contribution is 7.89. The number of aryl methyl sites for hydroxylation is 2. The average Bonchev–Trinajstić information content (AvgIpc) is 2.45. The second-order valence-corrected chi connectivity index (χ2v) is 7.27. The molecule has 0 aromatic heterocycles. The Hall–Kier alpha value is -1.40. The summed E-state index contributed by atoms with van der Waals surface area (Å²) < 4.78 is 27.1. The van der Waals surface area contributed by atoms with Crippen molar-refractivity contribution in [2.24, 2.45) is 0 Å². The number of amides is 1. The summed E-state index contributed by atoms with van der Waals surface area (Å²) in [6.07, 6.45) is 1.92. The van der Waals surface area contributed by atoms with Crippen molar-refractivity contribution in [1.29, 1.82) is 0 Å². The first-order chi connectivity index (χ1) is 10.3. The summed E-state index contributed by atoms with van der Waals surface area (Å²) in [5.41, 5.74) is 2.00. The molecule has 0 aliphatic rings. The van der Waals surface area contributed by atoms with Crippen LogP contribution in [0.1, 0.15) is 37.8 Å². The zero-order valence-corrected chi connectivity index (χ0v) is 14.7. The maximum Gasteiger partial charge on any atom is 0.240 e. The third-order valence-electron chi connectivity index (χ3n) is 3.69. The lowest BCUT2D eigenvalue weighted by Crippen LogP contribution is -2.38. The van der Waals surface area contributed by atoms with E-state index >= 15 is 0 Å². The molecule has 22 heavy (non-hydrogen) atoms. The molecule has 1 amide bonds. The molecule has 0 atom stereocenters. The predicted molar refractivity (Wildman–Crippen MR) is 88.3 cm³/mol. The molecule has 0 bridgehead atoms. The Morgan fingerprint density at radius 3 is 2.41 bits per heavy atom. The van der Waals surface area contributed by atoms with E-state index in [4.69, 9.17) is 0 Å².